The molecule has 5 aromatic rings. The first-order chi connectivity index (χ1) is 45.7. The van der Waals surface area contributed by atoms with Gasteiger partial charge in [-0.1, -0.05) is 54.6 Å². The number of ether oxygens (including phenoxy) is 3. The molecule has 0 saturated carbocycles. The number of aliphatic hydroxyl groups is 1. The van der Waals surface area contributed by atoms with E-state index in [-0.39, 0.29) is 76.6 Å². The molecular formula is C69H85FN10O13S2. The van der Waals surface area contributed by atoms with Crippen LogP contribution in [-0.2, 0) is 78.7 Å². The summed E-state index contributed by atoms with van der Waals surface area (Å²) in [6.07, 6.45) is 3.14. The number of hydrogen-bond acceptors (Lipinski definition) is 15. The molecular weight excluding hydrogens is 1260 g/mol. The Bertz CT molecular complexity index is 3610. The van der Waals surface area contributed by atoms with Crippen molar-refractivity contribution in [1.82, 2.24) is 52.0 Å². The summed E-state index contributed by atoms with van der Waals surface area (Å²) in [5.74, 6) is -3.50. The predicted molar refractivity (Wildman–Crippen MR) is 358 cm³/mol. The Kier molecular flexibility index (Phi) is 24.8. The lowest BCUT2D eigenvalue weighted by molar-refractivity contribution is -0.147. The second kappa shape index (κ2) is 33.3. The van der Waals surface area contributed by atoms with E-state index >= 15 is 23.6 Å². The van der Waals surface area contributed by atoms with Crippen LogP contribution in [0.2, 0.25) is 0 Å². The minimum absolute atomic E-state index is 0.0392. The lowest BCUT2D eigenvalue weighted by Crippen LogP contribution is -2.64. The molecule has 1 aromatic heterocycles. The third-order valence-electron chi connectivity index (χ3n) is 17.6. The fourth-order valence-corrected chi connectivity index (χ4v) is 13.9. The Hall–Kier alpha value is -8.46. The molecule has 10 atom stereocenters. The standard InChI is InChI=1S/C69H85FN10O13S2/c1-41-61(83)74-42(2)62(84)75-54-21-17-44-11-9-14-51(34-44)92-29-6-7-30-93-57-23-28-79(66(88)56(76-63(54)85)36-48-38-72-53-22-18-49(70)37-52(48)53)60(57)65(87)78-59(43(3)81)64(86)77-55(35-45-15-19-50(91-5)20-16-45)67(89)80-27-10-25-69(80,4)68(90)71-26-32-95-40-47-13-8-12-46(33-47)39-94-31-24-58(82)73-41/h6-9,11-16,18-20,22,33-34,37-38,41-43,54-57,59-60,72,81H,10,17,21,23-32,35-36,39-40H2,1-5H3,(H,71,90)(H,73,82)(H,74,83)(H,75,84)(H,76,85)(H,77,86)(H,78,87)/b7-6+/t41-,42+,43+,54-,55-,56-,57-,59-,60-,69-/m0/s1. The van der Waals surface area contributed by atoms with Crippen LogP contribution in [-0.4, -0.2) is 185 Å². The number of hydrogen-bond donors (Lipinski definition) is 9. The van der Waals surface area contributed by atoms with Crippen LogP contribution in [0.25, 0.3) is 10.9 Å². The summed E-state index contributed by atoms with van der Waals surface area (Å²) >= 11 is 3.18. The van der Waals surface area contributed by atoms with E-state index in [1.807, 2.05) is 24.3 Å². The Morgan fingerprint density at radius 3 is 2.16 bits per heavy atom. The van der Waals surface area contributed by atoms with Gasteiger partial charge in [0, 0.05) is 79.0 Å². The fourth-order valence-electron chi connectivity index (χ4n) is 12.2. The van der Waals surface area contributed by atoms with Gasteiger partial charge < -0.3 is 71.3 Å². The summed E-state index contributed by atoms with van der Waals surface area (Å²) in [5, 5.41) is 31.5. The van der Waals surface area contributed by atoms with Crippen LogP contribution in [0.4, 0.5) is 4.39 Å². The highest BCUT2D eigenvalue weighted by Gasteiger charge is 2.49. The summed E-state index contributed by atoms with van der Waals surface area (Å²) in [4.78, 5) is 137. The maximum absolute atomic E-state index is 15.7. The fraction of sp³-hybridized carbons (Fsp3) is 0.464. The number of fused-ring (bicyclic) bond motifs is 10. The van der Waals surface area contributed by atoms with Crippen molar-refractivity contribution in [3.05, 3.63) is 143 Å². The lowest BCUT2D eigenvalue weighted by atomic mass is 9.95. The van der Waals surface area contributed by atoms with E-state index in [2.05, 4.69) is 48.3 Å². The first kappa shape index (κ1) is 70.8. The van der Waals surface area contributed by atoms with Gasteiger partial charge in [0.25, 0.3) is 0 Å². The van der Waals surface area contributed by atoms with E-state index < -0.39 is 107 Å². The predicted octanol–water partition coefficient (Wildman–Crippen LogP) is 4.07. The number of benzene rings is 4. The van der Waals surface area contributed by atoms with Gasteiger partial charge in [-0.3, -0.25) is 43.2 Å². The largest absolute Gasteiger partial charge is 0.497 e. The number of nitrogens with zero attached hydrogens (tertiary/aromatic N) is 2. The summed E-state index contributed by atoms with van der Waals surface area (Å²) in [6.45, 7) is 6.31. The number of rotatable bonds is 6. The van der Waals surface area contributed by atoms with E-state index in [1.165, 1.54) is 55.9 Å². The van der Waals surface area contributed by atoms with Crippen molar-refractivity contribution in [3.8, 4) is 11.5 Å². The zero-order valence-corrected chi connectivity index (χ0v) is 55.7. The van der Waals surface area contributed by atoms with Crippen LogP contribution in [0.15, 0.2) is 109 Å². The summed E-state index contributed by atoms with van der Waals surface area (Å²) in [7, 11) is 1.51. The number of methoxy groups -OCH3 is 1. The van der Waals surface area contributed by atoms with Crippen molar-refractivity contribution in [2.75, 3.05) is 51.5 Å². The van der Waals surface area contributed by atoms with Gasteiger partial charge in [-0.2, -0.15) is 23.5 Å². The van der Waals surface area contributed by atoms with Gasteiger partial charge in [-0.25, -0.2) is 4.39 Å². The van der Waals surface area contributed by atoms with Gasteiger partial charge in [-0.05, 0) is 136 Å². The number of amides is 9. The van der Waals surface area contributed by atoms with Crippen LogP contribution in [0.3, 0.4) is 0 Å². The highest BCUT2D eigenvalue weighted by Crippen LogP contribution is 2.32. The van der Waals surface area contributed by atoms with Crippen molar-refractivity contribution in [1.29, 1.82) is 0 Å². The molecule has 26 heteroatoms. The molecule has 0 aliphatic carbocycles. The van der Waals surface area contributed by atoms with Crippen molar-refractivity contribution >= 4 is 87.6 Å². The number of carbonyl (C=O) groups is 9. The van der Waals surface area contributed by atoms with E-state index in [9.17, 15) is 29.1 Å². The van der Waals surface area contributed by atoms with Crippen molar-refractivity contribution in [2.45, 2.75) is 151 Å². The number of carbonyl (C=O) groups excluding carboxylic acids is 9. The number of aryl methyl sites for hydroxylation is 1. The minimum atomic E-state index is -1.75. The SMILES string of the molecule is COc1ccc(C[C@@H]2NC(=O)[C@H]([C@@H](C)O)NC(=O)[C@@H]3[C@@H]4CCN3C(=O)[C@H](Cc3c[nH]c5ccc(F)cc35)NC(=O)[C@H](CCc3cccc(c3)OC/C=C/CO4)NC(=O)[C@@H](C)NC(=O)[C@H](C)NC(=O)CCSCc3cccc(c3)CSCCNC(=O)[C@]3(C)CCCN3C2=O)cc1. The molecule has 2 saturated heterocycles. The molecule has 5 heterocycles. The van der Waals surface area contributed by atoms with Crippen molar-refractivity contribution in [3.63, 3.8) is 0 Å². The zero-order chi connectivity index (χ0) is 67.8. The third-order valence-corrected chi connectivity index (χ3v) is 19.6. The molecule has 9 amide bonds. The second-order valence-electron chi connectivity index (χ2n) is 24.6. The number of halogens is 1. The topological polar surface area (TPSA) is 308 Å². The molecule has 2 fully saturated rings. The van der Waals surface area contributed by atoms with Crippen LogP contribution in [0.5, 0.6) is 11.5 Å². The third kappa shape index (κ3) is 18.7. The molecule has 0 spiro atoms. The average molecular weight is 1350 g/mol. The maximum atomic E-state index is 15.7. The molecule has 9 N–H and O–H groups in total. The average Bonchev–Trinajstić information content (AvgIpc) is 1.71. The Balaban J connectivity index is 1.06. The summed E-state index contributed by atoms with van der Waals surface area (Å²) < 4.78 is 32.8. The van der Waals surface area contributed by atoms with Crippen LogP contribution >= 0.6 is 23.5 Å². The molecule has 95 heavy (non-hydrogen) atoms. The summed E-state index contributed by atoms with van der Waals surface area (Å²) in [5.41, 5.74) is 3.08. The zero-order valence-electron chi connectivity index (χ0n) is 54.0. The van der Waals surface area contributed by atoms with Gasteiger partial charge in [0.05, 0.1) is 25.9 Å². The number of H-pyrrole nitrogens is 1. The number of aromatic nitrogens is 1. The molecule has 23 nitrogen and oxygen atoms in total. The summed E-state index contributed by atoms with van der Waals surface area (Å²) in [6, 6.07) is 16.4. The number of aromatic amines is 1. The Morgan fingerprint density at radius 1 is 0.705 bits per heavy atom. The molecule has 0 unspecified atom stereocenters. The number of aliphatic hydroxyl groups excluding tert-OH is 1. The lowest BCUT2D eigenvalue weighted by Gasteiger charge is -2.37. The first-order valence-corrected chi connectivity index (χ1v) is 34.5. The van der Waals surface area contributed by atoms with Gasteiger partial charge in [0.15, 0.2) is 0 Å². The maximum Gasteiger partial charge on any atom is 0.246 e. The molecule has 4 aliphatic rings. The van der Waals surface area contributed by atoms with E-state index in [0.29, 0.717) is 75.9 Å². The van der Waals surface area contributed by atoms with E-state index in [1.54, 1.807) is 91.3 Å². The molecule has 8 bridgehead atoms. The quantitative estimate of drug-likeness (QED) is 0.108. The highest BCUT2D eigenvalue weighted by atomic mass is 32.2. The smallest absolute Gasteiger partial charge is 0.246 e. The molecule has 4 aliphatic heterocycles. The van der Waals surface area contributed by atoms with Crippen LogP contribution in [0.1, 0.15) is 87.6 Å². The Labute approximate surface area is 560 Å². The van der Waals surface area contributed by atoms with Crippen LogP contribution in [0, 0.1) is 5.82 Å². The molecule has 4 aromatic carbocycles. The highest BCUT2D eigenvalue weighted by molar-refractivity contribution is 7.98. The molecule has 508 valence electrons. The molecule has 9 rings (SSSR count). The van der Waals surface area contributed by atoms with Crippen molar-refractivity contribution < 1.29 is 66.9 Å². The Morgan fingerprint density at radius 2 is 1.40 bits per heavy atom. The number of thioether (sulfide) groups is 2. The van der Waals surface area contributed by atoms with Crippen molar-refractivity contribution in [2.24, 2.45) is 0 Å². The minimum Gasteiger partial charge on any atom is -0.497 e. The van der Waals surface area contributed by atoms with Gasteiger partial charge in [-0.15, -0.1) is 0 Å². The molecule has 0 radical (unpaired) electrons. The van der Waals surface area contributed by atoms with E-state index in [0.717, 1.165) is 16.7 Å². The van der Waals surface area contributed by atoms with Gasteiger partial charge >= 0.3 is 0 Å². The van der Waals surface area contributed by atoms with Gasteiger partial charge in [0.2, 0.25) is 53.2 Å². The van der Waals surface area contributed by atoms with Gasteiger partial charge in [0.1, 0.15) is 71.8 Å². The normalized spacial score (nSPS) is 26.5. The van der Waals surface area contributed by atoms with Crippen LogP contribution < -0.4 is 46.7 Å². The number of nitrogens with one attached hydrogen (secondary N) is 8. The second-order valence-corrected chi connectivity index (χ2v) is 26.8. The van der Waals surface area contributed by atoms with E-state index in [4.69, 9.17) is 14.2 Å². The monoisotopic (exact) mass is 1340 g/mol. The first-order valence-electron chi connectivity index (χ1n) is 32.2.